The van der Waals surface area contributed by atoms with E-state index in [4.69, 9.17) is 0 Å². The molecule has 2 aliphatic rings. The van der Waals surface area contributed by atoms with Crippen LogP contribution in [-0.2, 0) is 0 Å². The Morgan fingerprint density at radius 3 is 2.63 bits per heavy atom. The molecule has 2 heterocycles. The fourth-order valence-corrected chi connectivity index (χ4v) is 3.69. The van der Waals surface area contributed by atoms with Crippen LogP contribution in [0.3, 0.4) is 0 Å². The van der Waals surface area contributed by atoms with E-state index in [-0.39, 0.29) is 0 Å². The Kier molecular flexibility index (Phi) is 6.62. The first-order valence-corrected chi connectivity index (χ1v) is 8.46. The average molecular weight is 267 g/mol. The van der Waals surface area contributed by atoms with Gasteiger partial charge in [-0.1, -0.05) is 12.8 Å². The third kappa shape index (κ3) is 5.80. The van der Waals surface area contributed by atoms with Crippen molar-refractivity contribution in [3.63, 3.8) is 0 Å². The van der Waals surface area contributed by atoms with E-state index in [1.807, 2.05) is 0 Å². The SMILES string of the molecule is CC(CC1CCCCCN1)NC(C)CN1CCCC1. The summed E-state index contributed by atoms with van der Waals surface area (Å²) >= 11 is 0. The Labute approximate surface area is 119 Å². The van der Waals surface area contributed by atoms with Crippen LogP contribution < -0.4 is 10.6 Å². The zero-order valence-corrected chi connectivity index (χ0v) is 13.0. The predicted octanol–water partition coefficient (Wildman–Crippen LogP) is 2.37. The summed E-state index contributed by atoms with van der Waals surface area (Å²) in [6, 6.07) is 2.00. The minimum Gasteiger partial charge on any atom is -0.314 e. The number of nitrogens with zero attached hydrogens (tertiary/aromatic N) is 1. The zero-order valence-electron chi connectivity index (χ0n) is 13.0. The molecule has 3 atom stereocenters. The topological polar surface area (TPSA) is 27.3 Å². The normalized spacial score (nSPS) is 29.1. The van der Waals surface area contributed by atoms with E-state index in [2.05, 4.69) is 29.4 Å². The monoisotopic (exact) mass is 267 g/mol. The number of nitrogens with one attached hydrogen (secondary N) is 2. The highest BCUT2D eigenvalue weighted by atomic mass is 15.2. The van der Waals surface area contributed by atoms with Gasteiger partial charge in [-0.05, 0) is 65.6 Å². The van der Waals surface area contributed by atoms with E-state index in [1.54, 1.807) is 0 Å². The van der Waals surface area contributed by atoms with Gasteiger partial charge in [-0.15, -0.1) is 0 Å². The van der Waals surface area contributed by atoms with E-state index < -0.39 is 0 Å². The van der Waals surface area contributed by atoms with Gasteiger partial charge in [0.2, 0.25) is 0 Å². The lowest BCUT2D eigenvalue weighted by Gasteiger charge is -2.27. The minimum absolute atomic E-state index is 0.624. The van der Waals surface area contributed by atoms with Crippen LogP contribution in [0.2, 0.25) is 0 Å². The minimum atomic E-state index is 0.624. The molecule has 2 rings (SSSR count). The zero-order chi connectivity index (χ0) is 13.5. The summed E-state index contributed by atoms with van der Waals surface area (Å²) in [5.41, 5.74) is 0. The highest BCUT2D eigenvalue weighted by Crippen LogP contribution is 2.13. The summed E-state index contributed by atoms with van der Waals surface area (Å²) in [6.45, 7) is 9.76. The smallest absolute Gasteiger partial charge is 0.0169 e. The first-order valence-electron chi connectivity index (χ1n) is 8.46. The molecule has 0 aliphatic carbocycles. The van der Waals surface area contributed by atoms with Crippen LogP contribution in [0.1, 0.15) is 58.8 Å². The molecule has 2 saturated heterocycles. The van der Waals surface area contributed by atoms with Crippen molar-refractivity contribution in [3.8, 4) is 0 Å². The van der Waals surface area contributed by atoms with Crippen LogP contribution in [-0.4, -0.2) is 49.2 Å². The summed E-state index contributed by atoms with van der Waals surface area (Å²) < 4.78 is 0. The fourth-order valence-electron chi connectivity index (χ4n) is 3.69. The predicted molar refractivity (Wildman–Crippen MR) is 82.6 cm³/mol. The van der Waals surface area contributed by atoms with E-state index in [1.165, 1.54) is 71.1 Å². The van der Waals surface area contributed by atoms with Crippen LogP contribution >= 0.6 is 0 Å². The van der Waals surface area contributed by atoms with Crippen molar-refractivity contribution in [2.75, 3.05) is 26.2 Å². The van der Waals surface area contributed by atoms with Gasteiger partial charge < -0.3 is 15.5 Å². The molecule has 2 aliphatic heterocycles. The summed E-state index contributed by atoms with van der Waals surface area (Å²) in [6.07, 6.45) is 9.63. The lowest BCUT2D eigenvalue weighted by atomic mass is 10.0. The molecule has 0 spiro atoms. The second-order valence-electron chi connectivity index (χ2n) is 6.71. The largest absolute Gasteiger partial charge is 0.314 e. The standard InChI is InChI=1S/C16H33N3/c1-14(12-16-8-4-3-5-9-17-16)18-15(2)13-19-10-6-7-11-19/h14-18H,3-13H2,1-2H3. The Bertz CT molecular complexity index is 230. The second-order valence-corrected chi connectivity index (χ2v) is 6.71. The van der Waals surface area contributed by atoms with Crippen molar-refractivity contribution in [2.45, 2.75) is 76.9 Å². The van der Waals surface area contributed by atoms with Gasteiger partial charge in [0.25, 0.3) is 0 Å². The molecule has 0 saturated carbocycles. The molecule has 0 aromatic rings. The molecule has 0 radical (unpaired) electrons. The van der Waals surface area contributed by atoms with Gasteiger partial charge in [0, 0.05) is 24.7 Å². The Morgan fingerprint density at radius 1 is 1.05 bits per heavy atom. The van der Waals surface area contributed by atoms with Crippen LogP contribution in [0.4, 0.5) is 0 Å². The lowest BCUT2D eigenvalue weighted by molar-refractivity contribution is 0.279. The van der Waals surface area contributed by atoms with Crippen molar-refractivity contribution < 1.29 is 0 Å². The molecule has 3 heteroatoms. The van der Waals surface area contributed by atoms with E-state index in [0.717, 1.165) is 6.04 Å². The summed E-state index contributed by atoms with van der Waals surface area (Å²) in [5, 5.41) is 7.50. The third-order valence-electron chi connectivity index (χ3n) is 4.60. The third-order valence-corrected chi connectivity index (χ3v) is 4.60. The molecule has 3 nitrogen and oxygen atoms in total. The molecule has 0 aromatic heterocycles. The van der Waals surface area contributed by atoms with E-state index in [9.17, 15) is 0 Å². The van der Waals surface area contributed by atoms with E-state index >= 15 is 0 Å². The molecule has 3 unspecified atom stereocenters. The van der Waals surface area contributed by atoms with Crippen molar-refractivity contribution >= 4 is 0 Å². The van der Waals surface area contributed by atoms with Gasteiger partial charge in [0.1, 0.15) is 0 Å². The number of hydrogen-bond acceptors (Lipinski definition) is 3. The molecule has 112 valence electrons. The molecule has 2 N–H and O–H groups in total. The van der Waals surface area contributed by atoms with Crippen molar-refractivity contribution in [2.24, 2.45) is 0 Å². The van der Waals surface area contributed by atoms with Crippen LogP contribution in [0.25, 0.3) is 0 Å². The Balaban J connectivity index is 1.63. The Hall–Kier alpha value is -0.120. The van der Waals surface area contributed by atoms with Gasteiger partial charge in [-0.25, -0.2) is 0 Å². The van der Waals surface area contributed by atoms with Crippen LogP contribution in [0.15, 0.2) is 0 Å². The number of hydrogen-bond donors (Lipinski definition) is 2. The number of rotatable bonds is 6. The first-order chi connectivity index (χ1) is 9.24. The average Bonchev–Trinajstić information content (AvgIpc) is 2.72. The van der Waals surface area contributed by atoms with Gasteiger partial charge in [-0.3, -0.25) is 0 Å². The molecule has 0 bridgehead atoms. The van der Waals surface area contributed by atoms with Gasteiger partial charge >= 0.3 is 0 Å². The summed E-state index contributed by atoms with van der Waals surface area (Å²) in [5.74, 6) is 0. The van der Waals surface area contributed by atoms with Crippen molar-refractivity contribution in [1.29, 1.82) is 0 Å². The maximum atomic E-state index is 3.79. The number of likely N-dealkylation sites (tertiary alicyclic amines) is 1. The second kappa shape index (κ2) is 8.23. The maximum Gasteiger partial charge on any atom is 0.0169 e. The summed E-state index contributed by atoms with van der Waals surface area (Å²) in [7, 11) is 0. The summed E-state index contributed by atoms with van der Waals surface area (Å²) in [4.78, 5) is 2.61. The van der Waals surface area contributed by atoms with Crippen LogP contribution in [0.5, 0.6) is 0 Å². The highest BCUT2D eigenvalue weighted by Gasteiger charge is 2.18. The molecule has 2 fully saturated rings. The molecule has 0 aromatic carbocycles. The van der Waals surface area contributed by atoms with Crippen molar-refractivity contribution in [1.82, 2.24) is 15.5 Å². The lowest BCUT2D eigenvalue weighted by Crippen LogP contribution is -2.44. The van der Waals surface area contributed by atoms with Crippen molar-refractivity contribution in [3.05, 3.63) is 0 Å². The van der Waals surface area contributed by atoms with E-state index in [0.29, 0.717) is 12.1 Å². The first kappa shape index (κ1) is 15.3. The Morgan fingerprint density at radius 2 is 1.84 bits per heavy atom. The van der Waals surface area contributed by atoms with Gasteiger partial charge in [-0.2, -0.15) is 0 Å². The molecule has 0 amide bonds. The van der Waals surface area contributed by atoms with Crippen LogP contribution in [0, 0.1) is 0 Å². The van der Waals surface area contributed by atoms with Gasteiger partial charge in [0.05, 0.1) is 0 Å². The fraction of sp³-hybridized carbons (Fsp3) is 1.00. The molecular formula is C16H33N3. The molecule has 19 heavy (non-hydrogen) atoms. The molecular weight excluding hydrogens is 234 g/mol. The maximum absolute atomic E-state index is 3.79. The van der Waals surface area contributed by atoms with Gasteiger partial charge in [0.15, 0.2) is 0 Å². The highest BCUT2D eigenvalue weighted by molar-refractivity contribution is 4.79. The quantitative estimate of drug-likeness (QED) is 0.774.